The van der Waals surface area contributed by atoms with Crippen molar-refractivity contribution >= 4 is 17.4 Å². The molecule has 1 unspecified atom stereocenters. The van der Waals surface area contributed by atoms with Gasteiger partial charge in [-0.25, -0.2) is 9.97 Å². The fourth-order valence-corrected chi connectivity index (χ4v) is 1.80. The maximum Gasteiger partial charge on any atom is 0.387 e. The Hall–Kier alpha value is -1.99. The van der Waals surface area contributed by atoms with E-state index in [1.807, 2.05) is 0 Å². The van der Waals surface area contributed by atoms with E-state index in [0.717, 1.165) is 0 Å². The smallest absolute Gasteiger partial charge is 0.387 e. The van der Waals surface area contributed by atoms with Crippen molar-refractivity contribution in [2.45, 2.75) is 12.7 Å². The molecular formula is C13H12ClF2N3O2. The highest BCUT2D eigenvalue weighted by Crippen LogP contribution is 2.21. The number of alkyl halides is 2. The van der Waals surface area contributed by atoms with Crippen LogP contribution < -0.4 is 10.1 Å². The lowest BCUT2D eigenvalue weighted by molar-refractivity contribution is -0.0498. The number of nitrogens with zero attached hydrogens (tertiary/aromatic N) is 2. The maximum absolute atomic E-state index is 12.0. The van der Waals surface area contributed by atoms with Crippen LogP contribution in [0.15, 0.2) is 36.8 Å². The molecule has 21 heavy (non-hydrogen) atoms. The fraction of sp³-hybridized carbons (Fsp3) is 0.231. The van der Waals surface area contributed by atoms with Crippen LogP contribution in [0, 0.1) is 0 Å². The van der Waals surface area contributed by atoms with E-state index >= 15 is 0 Å². The van der Waals surface area contributed by atoms with Crippen molar-refractivity contribution in [2.24, 2.45) is 0 Å². The Morgan fingerprint density at radius 1 is 1.29 bits per heavy atom. The van der Waals surface area contributed by atoms with E-state index in [-0.39, 0.29) is 12.3 Å². The summed E-state index contributed by atoms with van der Waals surface area (Å²) in [5.41, 5.74) is 0.550. The Morgan fingerprint density at radius 2 is 2.00 bits per heavy atom. The van der Waals surface area contributed by atoms with Gasteiger partial charge in [0.25, 0.3) is 0 Å². The van der Waals surface area contributed by atoms with Gasteiger partial charge in [0.05, 0.1) is 12.3 Å². The van der Waals surface area contributed by atoms with Crippen LogP contribution >= 0.6 is 11.6 Å². The molecule has 0 saturated heterocycles. The van der Waals surface area contributed by atoms with E-state index in [4.69, 9.17) is 11.6 Å². The van der Waals surface area contributed by atoms with Crippen molar-refractivity contribution in [2.75, 3.05) is 11.9 Å². The molecule has 0 saturated carbocycles. The molecule has 0 radical (unpaired) electrons. The molecule has 0 fully saturated rings. The first kappa shape index (κ1) is 15.4. The molecule has 2 aromatic rings. The normalized spacial score (nSPS) is 12.2. The molecule has 0 spiro atoms. The molecular weight excluding hydrogens is 304 g/mol. The van der Waals surface area contributed by atoms with Crippen LogP contribution in [0.1, 0.15) is 11.7 Å². The van der Waals surface area contributed by atoms with Gasteiger partial charge in [-0.15, -0.1) is 0 Å². The van der Waals surface area contributed by atoms with Crippen molar-refractivity contribution in [1.82, 2.24) is 9.97 Å². The van der Waals surface area contributed by atoms with Crippen molar-refractivity contribution in [3.8, 4) is 5.75 Å². The second kappa shape index (κ2) is 7.14. The van der Waals surface area contributed by atoms with Crippen molar-refractivity contribution in [3.63, 3.8) is 0 Å². The molecule has 0 aliphatic heterocycles. The summed E-state index contributed by atoms with van der Waals surface area (Å²) in [5.74, 6) is 0.441. The highest BCUT2D eigenvalue weighted by Gasteiger charge is 2.10. The molecule has 0 amide bonds. The Balaban J connectivity index is 1.94. The largest absolute Gasteiger partial charge is 0.435 e. The van der Waals surface area contributed by atoms with Crippen LogP contribution in [0.25, 0.3) is 0 Å². The highest BCUT2D eigenvalue weighted by molar-refractivity contribution is 6.32. The lowest BCUT2D eigenvalue weighted by atomic mass is 10.1. The average Bonchev–Trinajstić information content (AvgIpc) is 2.46. The first-order chi connectivity index (χ1) is 10.1. The third-order valence-electron chi connectivity index (χ3n) is 2.62. The number of aliphatic hydroxyl groups excluding tert-OH is 1. The second-order valence-corrected chi connectivity index (χ2v) is 4.47. The van der Waals surface area contributed by atoms with Crippen LogP contribution in [-0.2, 0) is 0 Å². The van der Waals surface area contributed by atoms with Gasteiger partial charge in [0.1, 0.15) is 22.9 Å². The second-order valence-electron chi connectivity index (χ2n) is 4.06. The summed E-state index contributed by atoms with van der Waals surface area (Å²) < 4.78 is 28.3. The minimum absolute atomic E-state index is 0.0350. The van der Waals surface area contributed by atoms with Crippen LogP contribution in [0.5, 0.6) is 5.75 Å². The number of anilines is 1. The van der Waals surface area contributed by atoms with Gasteiger partial charge in [0.2, 0.25) is 0 Å². The molecule has 1 aromatic heterocycles. The number of ether oxygens (including phenoxy) is 1. The van der Waals surface area contributed by atoms with Crippen LogP contribution in [0.2, 0.25) is 5.02 Å². The number of hydrogen-bond donors (Lipinski definition) is 2. The van der Waals surface area contributed by atoms with Gasteiger partial charge in [-0.1, -0.05) is 23.7 Å². The highest BCUT2D eigenvalue weighted by atomic mass is 35.5. The van der Waals surface area contributed by atoms with Crippen molar-refractivity contribution in [3.05, 3.63) is 47.4 Å². The molecule has 1 atom stereocenters. The number of benzene rings is 1. The quantitative estimate of drug-likeness (QED) is 0.858. The molecule has 1 heterocycles. The molecule has 5 nitrogen and oxygen atoms in total. The molecule has 0 aliphatic carbocycles. The maximum atomic E-state index is 12.0. The van der Waals surface area contributed by atoms with Gasteiger partial charge >= 0.3 is 6.61 Å². The van der Waals surface area contributed by atoms with E-state index in [1.165, 1.54) is 36.8 Å². The van der Waals surface area contributed by atoms with Gasteiger partial charge in [-0.3, -0.25) is 0 Å². The number of aliphatic hydroxyl groups is 1. The standard InChI is InChI=1S/C13H12ClF2N3O2/c14-10-5-17-7-19-12(10)18-6-11(20)8-1-3-9(4-2-8)21-13(15)16/h1-5,7,11,13,20H,6H2,(H,17,18,19). The lowest BCUT2D eigenvalue weighted by Crippen LogP contribution is -2.13. The Kier molecular flexibility index (Phi) is 5.24. The van der Waals surface area contributed by atoms with E-state index in [9.17, 15) is 13.9 Å². The van der Waals surface area contributed by atoms with E-state index < -0.39 is 12.7 Å². The van der Waals surface area contributed by atoms with Gasteiger partial charge in [-0.05, 0) is 17.7 Å². The first-order valence-electron chi connectivity index (χ1n) is 5.98. The fourth-order valence-electron chi connectivity index (χ4n) is 1.63. The molecule has 2 N–H and O–H groups in total. The zero-order valence-electron chi connectivity index (χ0n) is 10.7. The van der Waals surface area contributed by atoms with Crippen molar-refractivity contribution < 1.29 is 18.6 Å². The van der Waals surface area contributed by atoms with Crippen LogP contribution in [0.3, 0.4) is 0 Å². The Morgan fingerprint density at radius 3 is 2.62 bits per heavy atom. The first-order valence-corrected chi connectivity index (χ1v) is 6.36. The topological polar surface area (TPSA) is 67.3 Å². The minimum atomic E-state index is -2.87. The summed E-state index contributed by atoms with van der Waals surface area (Å²) in [5, 5.41) is 13.2. The third-order valence-corrected chi connectivity index (χ3v) is 2.90. The van der Waals surface area contributed by atoms with Gasteiger partial charge < -0.3 is 15.2 Å². The number of rotatable bonds is 6. The van der Waals surface area contributed by atoms with Gasteiger partial charge in [0.15, 0.2) is 0 Å². The molecule has 8 heteroatoms. The molecule has 0 aliphatic rings. The minimum Gasteiger partial charge on any atom is -0.435 e. The molecule has 0 bridgehead atoms. The van der Waals surface area contributed by atoms with Gasteiger partial charge in [-0.2, -0.15) is 8.78 Å². The molecule has 2 rings (SSSR count). The van der Waals surface area contributed by atoms with Crippen molar-refractivity contribution in [1.29, 1.82) is 0 Å². The van der Waals surface area contributed by atoms with E-state index in [2.05, 4.69) is 20.0 Å². The zero-order chi connectivity index (χ0) is 15.2. The monoisotopic (exact) mass is 315 g/mol. The summed E-state index contributed by atoms with van der Waals surface area (Å²) in [7, 11) is 0. The molecule has 1 aromatic carbocycles. The molecule has 112 valence electrons. The number of nitrogens with one attached hydrogen (secondary N) is 1. The van der Waals surface area contributed by atoms with E-state index in [0.29, 0.717) is 16.4 Å². The summed E-state index contributed by atoms with van der Waals surface area (Å²) >= 11 is 5.87. The SMILES string of the molecule is OC(CNc1ncncc1Cl)c1ccc(OC(F)F)cc1. The third kappa shape index (κ3) is 4.51. The summed E-state index contributed by atoms with van der Waals surface area (Å²) in [6.45, 7) is -2.71. The lowest BCUT2D eigenvalue weighted by Gasteiger charge is -2.13. The predicted molar refractivity (Wildman–Crippen MR) is 73.6 cm³/mol. The summed E-state index contributed by atoms with van der Waals surface area (Å²) in [6.07, 6.45) is 1.91. The van der Waals surface area contributed by atoms with Crippen LogP contribution in [-0.4, -0.2) is 28.2 Å². The predicted octanol–water partition coefficient (Wildman–Crippen LogP) is 2.88. The van der Waals surface area contributed by atoms with Crippen LogP contribution in [0.4, 0.5) is 14.6 Å². The summed E-state index contributed by atoms with van der Waals surface area (Å²) in [4.78, 5) is 7.66. The Labute approximate surface area is 124 Å². The van der Waals surface area contributed by atoms with E-state index in [1.54, 1.807) is 0 Å². The summed E-state index contributed by atoms with van der Waals surface area (Å²) in [6, 6.07) is 5.74. The average molecular weight is 316 g/mol. The Bertz CT molecular complexity index is 584. The van der Waals surface area contributed by atoms with Gasteiger partial charge in [0, 0.05) is 6.54 Å². The zero-order valence-corrected chi connectivity index (χ0v) is 11.5. The number of aromatic nitrogens is 2. The number of hydrogen-bond acceptors (Lipinski definition) is 5. The number of halogens is 3.